The van der Waals surface area contributed by atoms with Gasteiger partial charge in [-0.25, -0.2) is 0 Å². The van der Waals surface area contributed by atoms with Crippen molar-refractivity contribution in [1.82, 2.24) is 15.2 Å². The van der Waals surface area contributed by atoms with Crippen molar-refractivity contribution in [2.75, 3.05) is 13.2 Å². The smallest absolute Gasteiger partial charge is 0.325 e. The fourth-order valence-corrected chi connectivity index (χ4v) is 3.00. The Kier molecular flexibility index (Phi) is 4.57. The summed E-state index contributed by atoms with van der Waals surface area (Å²) in [5.41, 5.74) is 0.836. The Morgan fingerprint density at radius 1 is 1.43 bits per heavy atom. The van der Waals surface area contributed by atoms with Crippen molar-refractivity contribution in [2.45, 2.75) is 19.0 Å². The molecule has 3 heterocycles. The average Bonchev–Trinajstić information content (AvgIpc) is 3.17. The van der Waals surface area contributed by atoms with Gasteiger partial charge in [0.2, 0.25) is 0 Å². The lowest BCUT2D eigenvalue weighted by Gasteiger charge is -2.24. The van der Waals surface area contributed by atoms with Gasteiger partial charge in [-0.05, 0) is 43.4 Å². The molecule has 7 heteroatoms. The van der Waals surface area contributed by atoms with Crippen LogP contribution in [-0.4, -0.2) is 34.1 Å². The van der Waals surface area contributed by atoms with Crippen molar-refractivity contribution in [3.63, 3.8) is 0 Å². The first kappa shape index (κ1) is 15.5. The van der Waals surface area contributed by atoms with E-state index in [0.717, 1.165) is 11.5 Å². The normalized spacial score (nSPS) is 20.4. The number of nitrogens with one attached hydrogen (secondary N) is 1. The molecule has 1 aliphatic rings. The van der Waals surface area contributed by atoms with Gasteiger partial charge in [0.15, 0.2) is 5.11 Å². The standard InChI is InChI=1S/C16H17N3O3S/c1-2-21-13(20)10-19-15(12-7-5-9-22-12)14(18-16(19)23)11-6-3-4-8-17-11/h3-9,14-15H,2,10H2,1H3,(H,18,23)/t14-,15+/m0/s1. The minimum Gasteiger partial charge on any atom is -0.467 e. The van der Waals surface area contributed by atoms with Crippen molar-refractivity contribution in [1.29, 1.82) is 0 Å². The summed E-state index contributed by atoms with van der Waals surface area (Å²) in [7, 11) is 0. The molecule has 0 saturated carbocycles. The molecule has 0 spiro atoms. The van der Waals surface area contributed by atoms with Crippen LogP contribution >= 0.6 is 12.2 Å². The van der Waals surface area contributed by atoms with Crippen LogP contribution in [0, 0.1) is 0 Å². The van der Waals surface area contributed by atoms with Gasteiger partial charge in [-0.2, -0.15) is 0 Å². The number of pyridine rings is 1. The lowest BCUT2D eigenvalue weighted by molar-refractivity contribution is -0.143. The van der Waals surface area contributed by atoms with E-state index in [0.29, 0.717) is 11.7 Å². The highest BCUT2D eigenvalue weighted by Crippen LogP contribution is 2.38. The zero-order valence-electron chi connectivity index (χ0n) is 12.6. The largest absolute Gasteiger partial charge is 0.467 e. The Balaban J connectivity index is 1.92. The van der Waals surface area contributed by atoms with Gasteiger partial charge in [-0.15, -0.1) is 0 Å². The molecule has 2 atom stereocenters. The van der Waals surface area contributed by atoms with E-state index in [2.05, 4.69) is 10.3 Å². The Morgan fingerprint density at radius 3 is 2.96 bits per heavy atom. The molecule has 0 aliphatic carbocycles. The Hall–Kier alpha value is -2.41. The summed E-state index contributed by atoms with van der Waals surface area (Å²) in [6.07, 6.45) is 3.34. The molecule has 1 N–H and O–H groups in total. The predicted octanol–water partition coefficient (Wildman–Crippen LogP) is 2.21. The molecule has 2 aromatic rings. The number of carbonyl (C=O) groups excluding carboxylic acids is 1. The first-order valence-electron chi connectivity index (χ1n) is 7.37. The first-order chi connectivity index (χ1) is 11.2. The number of thiocarbonyl (C=S) groups is 1. The van der Waals surface area contributed by atoms with Crippen molar-refractivity contribution in [3.8, 4) is 0 Å². The van der Waals surface area contributed by atoms with Crippen molar-refractivity contribution in [3.05, 3.63) is 54.2 Å². The lowest BCUT2D eigenvalue weighted by atomic mass is 10.0. The highest BCUT2D eigenvalue weighted by atomic mass is 32.1. The summed E-state index contributed by atoms with van der Waals surface area (Å²) in [5, 5.41) is 3.71. The SMILES string of the molecule is CCOC(=O)CN1C(=S)N[C@@H](c2ccccn2)[C@H]1c1ccco1. The molecular formula is C16H17N3O3S. The molecule has 0 bridgehead atoms. The molecule has 0 aromatic carbocycles. The van der Waals surface area contributed by atoms with Crippen LogP contribution in [-0.2, 0) is 9.53 Å². The average molecular weight is 331 g/mol. The number of carbonyl (C=O) groups is 1. The number of aromatic nitrogens is 1. The van der Waals surface area contributed by atoms with E-state index in [9.17, 15) is 4.79 Å². The van der Waals surface area contributed by atoms with Crippen LogP contribution in [0.3, 0.4) is 0 Å². The summed E-state index contributed by atoms with van der Waals surface area (Å²) in [6.45, 7) is 2.18. The molecule has 2 aromatic heterocycles. The summed E-state index contributed by atoms with van der Waals surface area (Å²) < 4.78 is 10.6. The lowest BCUT2D eigenvalue weighted by Crippen LogP contribution is -2.35. The van der Waals surface area contributed by atoms with Gasteiger partial charge in [0.1, 0.15) is 18.3 Å². The van der Waals surface area contributed by atoms with E-state index >= 15 is 0 Å². The summed E-state index contributed by atoms with van der Waals surface area (Å²) >= 11 is 5.41. The molecule has 1 saturated heterocycles. The summed E-state index contributed by atoms with van der Waals surface area (Å²) in [6, 6.07) is 8.93. The Bertz CT molecular complexity index is 675. The molecule has 3 rings (SSSR count). The fraction of sp³-hybridized carbons (Fsp3) is 0.312. The maximum atomic E-state index is 11.9. The minimum atomic E-state index is -0.324. The Labute approximate surface area is 139 Å². The topological polar surface area (TPSA) is 67.6 Å². The molecule has 6 nitrogen and oxygen atoms in total. The van der Waals surface area contributed by atoms with E-state index in [1.54, 1.807) is 24.3 Å². The number of furan rings is 1. The molecular weight excluding hydrogens is 314 g/mol. The van der Waals surface area contributed by atoms with Gasteiger partial charge in [0, 0.05) is 6.20 Å². The van der Waals surface area contributed by atoms with Gasteiger partial charge in [-0.1, -0.05) is 6.07 Å². The third kappa shape index (κ3) is 3.19. The van der Waals surface area contributed by atoms with Crippen LogP contribution < -0.4 is 5.32 Å². The highest BCUT2D eigenvalue weighted by molar-refractivity contribution is 7.80. The van der Waals surface area contributed by atoms with Gasteiger partial charge >= 0.3 is 5.97 Å². The fourth-order valence-electron chi connectivity index (χ4n) is 2.69. The highest BCUT2D eigenvalue weighted by Gasteiger charge is 2.42. The first-order valence-corrected chi connectivity index (χ1v) is 7.78. The zero-order chi connectivity index (χ0) is 16.2. The number of rotatable bonds is 5. The number of hydrogen-bond donors (Lipinski definition) is 1. The molecule has 1 fully saturated rings. The number of ether oxygens (including phenoxy) is 1. The van der Waals surface area contributed by atoms with E-state index in [-0.39, 0.29) is 24.6 Å². The Morgan fingerprint density at radius 2 is 2.30 bits per heavy atom. The predicted molar refractivity (Wildman–Crippen MR) is 87.5 cm³/mol. The van der Waals surface area contributed by atoms with Crippen LogP contribution in [0.25, 0.3) is 0 Å². The second-order valence-corrected chi connectivity index (χ2v) is 5.46. The van der Waals surface area contributed by atoms with E-state index in [1.165, 1.54) is 0 Å². The zero-order valence-corrected chi connectivity index (χ0v) is 13.5. The second-order valence-electron chi connectivity index (χ2n) is 5.07. The van der Waals surface area contributed by atoms with Crippen LogP contribution in [0.4, 0.5) is 0 Å². The minimum absolute atomic E-state index is 0.0639. The third-order valence-corrected chi connectivity index (χ3v) is 3.99. The third-order valence-electron chi connectivity index (χ3n) is 3.64. The van der Waals surface area contributed by atoms with Gasteiger partial charge in [0.05, 0.1) is 24.6 Å². The molecule has 1 aliphatic heterocycles. The number of hydrogen-bond acceptors (Lipinski definition) is 5. The monoisotopic (exact) mass is 331 g/mol. The van der Waals surface area contributed by atoms with Crippen molar-refractivity contribution in [2.24, 2.45) is 0 Å². The second kappa shape index (κ2) is 6.78. The molecule has 0 radical (unpaired) electrons. The molecule has 23 heavy (non-hydrogen) atoms. The summed E-state index contributed by atoms with van der Waals surface area (Å²) in [4.78, 5) is 18.1. The maximum Gasteiger partial charge on any atom is 0.325 e. The van der Waals surface area contributed by atoms with E-state index in [4.69, 9.17) is 21.4 Å². The van der Waals surface area contributed by atoms with Crippen LogP contribution in [0.5, 0.6) is 0 Å². The van der Waals surface area contributed by atoms with E-state index in [1.807, 2.05) is 30.3 Å². The van der Waals surface area contributed by atoms with Gasteiger partial charge in [-0.3, -0.25) is 9.78 Å². The quantitative estimate of drug-likeness (QED) is 0.665. The molecule has 0 amide bonds. The van der Waals surface area contributed by atoms with Gasteiger partial charge < -0.3 is 19.4 Å². The molecule has 0 unspecified atom stereocenters. The van der Waals surface area contributed by atoms with Crippen molar-refractivity contribution >= 4 is 23.3 Å². The van der Waals surface area contributed by atoms with Crippen LogP contribution in [0.15, 0.2) is 47.2 Å². The van der Waals surface area contributed by atoms with Gasteiger partial charge in [0.25, 0.3) is 0 Å². The summed E-state index contributed by atoms with van der Waals surface area (Å²) in [5.74, 6) is 0.396. The van der Waals surface area contributed by atoms with Crippen LogP contribution in [0.1, 0.15) is 30.5 Å². The van der Waals surface area contributed by atoms with E-state index < -0.39 is 0 Å². The van der Waals surface area contributed by atoms with Crippen LogP contribution in [0.2, 0.25) is 0 Å². The maximum absolute atomic E-state index is 11.9. The number of nitrogens with zero attached hydrogens (tertiary/aromatic N) is 2. The van der Waals surface area contributed by atoms with Crippen molar-refractivity contribution < 1.29 is 13.9 Å². The number of esters is 1. The molecule has 120 valence electrons.